The molecule has 2 aromatic rings. The first-order valence-corrected chi connectivity index (χ1v) is 5.01. The summed E-state index contributed by atoms with van der Waals surface area (Å²) in [6.45, 7) is 3.49. The number of fused-ring (bicyclic) bond motifs is 1. The van der Waals surface area contributed by atoms with E-state index in [0.29, 0.717) is 10.8 Å². The van der Waals surface area contributed by atoms with Crippen molar-refractivity contribution in [2.75, 3.05) is 0 Å². The third-order valence-corrected chi connectivity index (χ3v) is 2.65. The maximum Gasteiger partial charge on any atom is 0.180 e. The predicted octanol–water partition coefficient (Wildman–Crippen LogP) is 2.74. The molecule has 0 aliphatic rings. The number of aromatic nitrogens is 2. The van der Waals surface area contributed by atoms with Gasteiger partial charge in [-0.15, -0.1) is 0 Å². The molecule has 0 radical (unpaired) electrons. The second-order valence-electron chi connectivity index (χ2n) is 3.67. The molecule has 0 fully saturated rings. The SMILES string of the molecule is CC(=O)c1nc(Cl)cc2c(C)cn(C)c12. The molecule has 0 amide bonds. The van der Waals surface area contributed by atoms with Gasteiger partial charge in [0, 0.05) is 25.6 Å². The Hall–Kier alpha value is -1.35. The number of ketones is 1. The van der Waals surface area contributed by atoms with Crippen molar-refractivity contribution in [2.24, 2.45) is 7.05 Å². The monoisotopic (exact) mass is 222 g/mol. The smallest absolute Gasteiger partial charge is 0.180 e. The van der Waals surface area contributed by atoms with Crippen LogP contribution in [0.15, 0.2) is 12.3 Å². The predicted molar refractivity (Wildman–Crippen MR) is 60.5 cm³/mol. The number of pyridine rings is 1. The second kappa shape index (κ2) is 3.35. The van der Waals surface area contributed by atoms with Crippen molar-refractivity contribution in [3.05, 3.63) is 28.7 Å². The molecular formula is C11H11ClN2O. The summed E-state index contributed by atoms with van der Waals surface area (Å²) in [6.07, 6.45) is 1.97. The zero-order chi connectivity index (χ0) is 11.2. The van der Waals surface area contributed by atoms with Gasteiger partial charge in [-0.1, -0.05) is 11.6 Å². The topological polar surface area (TPSA) is 34.9 Å². The average molecular weight is 223 g/mol. The maximum atomic E-state index is 11.4. The molecule has 78 valence electrons. The summed E-state index contributed by atoms with van der Waals surface area (Å²) in [6, 6.07) is 1.79. The first-order valence-electron chi connectivity index (χ1n) is 4.64. The highest BCUT2D eigenvalue weighted by atomic mass is 35.5. The summed E-state index contributed by atoms with van der Waals surface area (Å²) >= 11 is 5.88. The quantitative estimate of drug-likeness (QED) is 0.549. The van der Waals surface area contributed by atoms with Crippen molar-refractivity contribution in [2.45, 2.75) is 13.8 Å². The molecule has 2 aromatic heterocycles. The highest BCUT2D eigenvalue weighted by molar-refractivity contribution is 6.30. The molecule has 0 atom stereocenters. The molecule has 0 saturated heterocycles. The fraction of sp³-hybridized carbons (Fsp3) is 0.273. The largest absolute Gasteiger partial charge is 0.348 e. The summed E-state index contributed by atoms with van der Waals surface area (Å²) in [4.78, 5) is 15.5. The number of carbonyl (C=O) groups excluding carboxylic acids is 1. The zero-order valence-corrected chi connectivity index (χ0v) is 9.59. The van der Waals surface area contributed by atoms with Crippen molar-refractivity contribution in [1.82, 2.24) is 9.55 Å². The molecule has 0 saturated carbocycles. The molecule has 2 heterocycles. The zero-order valence-electron chi connectivity index (χ0n) is 8.84. The summed E-state index contributed by atoms with van der Waals surface area (Å²) in [5, 5.41) is 1.35. The number of nitrogens with zero attached hydrogens (tertiary/aromatic N) is 2. The van der Waals surface area contributed by atoms with E-state index in [1.165, 1.54) is 6.92 Å². The molecule has 2 rings (SSSR count). The Labute approximate surface area is 92.7 Å². The lowest BCUT2D eigenvalue weighted by Gasteiger charge is -2.02. The van der Waals surface area contributed by atoms with Gasteiger partial charge in [0.05, 0.1) is 5.52 Å². The molecule has 0 N–H and O–H groups in total. The molecule has 0 aliphatic carbocycles. The van der Waals surface area contributed by atoms with E-state index in [1.54, 1.807) is 6.07 Å². The molecule has 15 heavy (non-hydrogen) atoms. The number of hydrogen-bond acceptors (Lipinski definition) is 2. The number of Topliss-reactive ketones (excluding diaryl/α,β-unsaturated/α-hetero) is 1. The van der Waals surface area contributed by atoms with Crippen LogP contribution in [0.4, 0.5) is 0 Å². The van der Waals surface area contributed by atoms with E-state index in [0.717, 1.165) is 16.5 Å². The van der Waals surface area contributed by atoms with Gasteiger partial charge in [-0.05, 0) is 18.6 Å². The Bertz CT molecular complexity index is 557. The minimum Gasteiger partial charge on any atom is -0.348 e. The fourth-order valence-electron chi connectivity index (χ4n) is 1.83. The highest BCUT2D eigenvalue weighted by Gasteiger charge is 2.14. The van der Waals surface area contributed by atoms with Crippen LogP contribution in [0.1, 0.15) is 23.0 Å². The van der Waals surface area contributed by atoms with Crippen LogP contribution in [0.3, 0.4) is 0 Å². The maximum absolute atomic E-state index is 11.4. The first kappa shape index (κ1) is 10.2. The molecule has 4 heteroatoms. The van der Waals surface area contributed by atoms with Gasteiger partial charge in [0.1, 0.15) is 10.8 Å². The Morgan fingerprint density at radius 3 is 2.80 bits per heavy atom. The first-order chi connectivity index (χ1) is 7.00. The van der Waals surface area contributed by atoms with E-state index < -0.39 is 0 Å². The number of halogens is 1. The van der Waals surface area contributed by atoms with Crippen LogP contribution in [0.25, 0.3) is 10.9 Å². The van der Waals surface area contributed by atoms with Crippen molar-refractivity contribution < 1.29 is 4.79 Å². The third-order valence-electron chi connectivity index (χ3n) is 2.46. The molecular weight excluding hydrogens is 212 g/mol. The van der Waals surface area contributed by atoms with Crippen LogP contribution >= 0.6 is 11.6 Å². The lowest BCUT2D eigenvalue weighted by molar-refractivity contribution is 0.101. The van der Waals surface area contributed by atoms with Crippen LogP contribution in [0.5, 0.6) is 0 Å². The van der Waals surface area contributed by atoms with Crippen molar-refractivity contribution >= 4 is 28.3 Å². The van der Waals surface area contributed by atoms with Gasteiger partial charge in [0.2, 0.25) is 0 Å². The summed E-state index contributed by atoms with van der Waals surface area (Å²) in [5.74, 6) is -0.0660. The minimum atomic E-state index is -0.0660. The van der Waals surface area contributed by atoms with E-state index >= 15 is 0 Å². The lowest BCUT2D eigenvalue weighted by atomic mass is 10.1. The number of rotatable bonds is 1. The molecule has 0 aromatic carbocycles. The Balaban J connectivity index is 2.96. The van der Waals surface area contributed by atoms with Crippen LogP contribution < -0.4 is 0 Å². The van der Waals surface area contributed by atoms with Gasteiger partial charge in [0.25, 0.3) is 0 Å². The van der Waals surface area contributed by atoms with E-state index in [2.05, 4.69) is 4.98 Å². The molecule has 0 bridgehead atoms. The highest BCUT2D eigenvalue weighted by Crippen LogP contribution is 2.25. The van der Waals surface area contributed by atoms with Crippen molar-refractivity contribution in [3.8, 4) is 0 Å². The Kier molecular flexibility index (Phi) is 2.27. The number of hydrogen-bond donors (Lipinski definition) is 0. The van der Waals surface area contributed by atoms with Gasteiger partial charge >= 0.3 is 0 Å². The van der Waals surface area contributed by atoms with E-state index in [4.69, 9.17) is 11.6 Å². The molecule has 0 spiro atoms. The average Bonchev–Trinajstić information content (AvgIpc) is 2.41. The van der Waals surface area contributed by atoms with Gasteiger partial charge < -0.3 is 4.57 Å². The van der Waals surface area contributed by atoms with Gasteiger partial charge in [-0.3, -0.25) is 4.79 Å². The Morgan fingerprint density at radius 1 is 1.53 bits per heavy atom. The summed E-state index contributed by atoms with van der Waals surface area (Å²) in [5.41, 5.74) is 2.39. The molecule has 0 unspecified atom stereocenters. The van der Waals surface area contributed by atoms with Gasteiger partial charge in [0.15, 0.2) is 5.78 Å². The minimum absolute atomic E-state index is 0.0660. The van der Waals surface area contributed by atoms with Gasteiger partial charge in [-0.2, -0.15) is 0 Å². The van der Waals surface area contributed by atoms with Crippen LogP contribution in [-0.2, 0) is 7.05 Å². The number of aryl methyl sites for hydroxylation is 2. The summed E-state index contributed by atoms with van der Waals surface area (Å²) in [7, 11) is 1.90. The number of carbonyl (C=O) groups is 1. The Morgan fingerprint density at radius 2 is 2.20 bits per heavy atom. The normalized spacial score (nSPS) is 10.9. The van der Waals surface area contributed by atoms with Crippen LogP contribution in [-0.4, -0.2) is 15.3 Å². The van der Waals surface area contributed by atoms with Crippen LogP contribution in [0.2, 0.25) is 5.15 Å². The fourth-order valence-corrected chi connectivity index (χ4v) is 2.03. The molecule has 3 nitrogen and oxygen atoms in total. The van der Waals surface area contributed by atoms with Crippen molar-refractivity contribution in [3.63, 3.8) is 0 Å². The summed E-state index contributed by atoms with van der Waals surface area (Å²) < 4.78 is 1.91. The molecule has 0 aliphatic heterocycles. The van der Waals surface area contributed by atoms with Crippen molar-refractivity contribution in [1.29, 1.82) is 0 Å². The van der Waals surface area contributed by atoms with Crippen LogP contribution in [0, 0.1) is 6.92 Å². The third kappa shape index (κ3) is 1.53. The van der Waals surface area contributed by atoms with E-state index in [9.17, 15) is 4.79 Å². The van der Waals surface area contributed by atoms with Gasteiger partial charge in [-0.25, -0.2) is 4.98 Å². The lowest BCUT2D eigenvalue weighted by Crippen LogP contribution is -2.01. The van der Waals surface area contributed by atoms with E-state index in [1.807, 2.05) is 24.7 Å². The standard InChI is InChI=1S/C11H11ClN2O/c1-6-5-14(3)11-8(6)4-9(12)13-10(11)7(2)15/h4-5H,1-3H3. The van der Waals surface area contributed by atoms with E-state index in [-0.39, 0.29) is 5.78 Å². The second-order valence-corrected chi connectivity index (χ2v) is 4.06.